The van der Waals surface area contributed by atoms with Gasteiger partial charge in [-0.05, 0) is 30.5 Å². The summed E-state index contributed by atoms with van der Waals surface area (Å²) in [5, 5.41) is 2.59. The molecule has 0 aliphatic rings. The van der Waals surface area contributed by atoms with Gasteiger partial charge >= 0.3 is 5.97 Å². The molecule has 1 atom stereocenters. The number of halogens is 1. The van der Waals surface area contributed by atoms with Gasteiger partial charge in [0.2, 0.25) is 5.91 Å². The summed E-state index contributed by atoms with van der Waals surface area (Å²) in [5.41, 5.74) is 0.551. The molecular formula is C15H18FNO3. The lowest BCUT2D eigenvalue weighted by molar-refractivity contribution is -0.145. The predicted octanol–water partition coefficient (Wildman–Crippen LogP) is 1.99. The summed E-state index contributed by atoms with van der Waals surface area (Å²) in [5.74, 6) is -1.25. The molecule has 0 unspecified atom stereocenters. The molecule has 0 radical (unpaired) electrons. The molecule has 20 heavy (non-hydrogen) atoms. The van der Waals surface area contributed by atoms with Crippen molar-refractivity contribution in [1.29, 1.82) is 0 Å². The van der Waals surface area contributed by atoms with Crippen LogP contribution in [0, 0.1) is 5.82 Å². The minimum Gasteiger partial charge on any atom is -0.467 e. The number of allylic oxidation sites excluding steroid dienone is 1. The van der Waals surface area contributed by atoms with E-state index in [-0.39, 0.29) is 12.3 Å². The van der Waals surface area contributed by atoms with Gasteiger partial charge in [-0.3, -0.25) is 4.79 Å². The minimum absolute atomic E-state index is 0.0132. The number of carbonyl (C=O) groups excluding carboxylic acids is 2. The van der Waals surface area contributed by atoms with E-state index in [0.29, 0.717) is 18.4 Å². The zero-order valence-electron chi connectivity index (χ0n) is 11.4. The van der Waals surface area contributed by atoms with Crippen LogP contribution in [-0.2, 0) is 20.7 Å². The van der Waals surface area contributed by atoms with Gasteiger partial charge in [-0.25, -0.2) is 9.18 Å². The third kappa shape index (κ3) is 5.22. The van der Waals surface area contributed by atoms with Gasteiger partial charge in [0.15, 0.2) is 0 Å². The number of nitrogens with one attached hydrogen (secondary N) is 1. The molecule has 108 valence electrons. The first-order valence-corrected chi connectivity index (χ1v) is 6.29. The largest absolute Gasteiger partial charge is 0.467 e. The molecule has 0 aliphatic heterocycles. The standard InChI is InChI=1S/C15H18FNO3/c1-3-4-8-13(15(19)20-2)17-14(18)10-11-6-5-7-12(16)9-11/h3,5-7,9,13H,1,4,8,10H2,2H3,(H,17,18)/t13-/m1/s1. The van der Waals surface area contributed by atoms with Crippen molar-refractivity contribution in [2.24, 2.45) is 0 Å². The van der Waals surface area contributed by atoms with Crippen LogP contribution < -0.4 is 5.32 Å². The van der Waals surface area contributed by atoms with E-state index in [9.17, 15) is 14.0 Å². The van der Waals surface area contributed by atoms with Crippen LogP contribution >= 0.6 is 0 Å². The summed E-state index contributed by atoms with van der Waals surface area (Å²) < 4.78 is 17.6. The van der Waals surface area contributed by atoms with Crippen molar-refractivity contribution in [3.05, 3.63) is 48.3 Å². The van der Waals surface area contributed by atoms with Crippen LogP contribution in [0.2, 0.25) is 0 Å². The third-order valence-corrected chi connectivity index (χ3v) is 2.73. The molecule has 1 aromatic carbocycles. The molecule has 1 N–H and O–H groups in total. The number of benzene rings is 1. The molecule has 0 aromatic heterocycles. The summed E-state index contributed by atoms with van der Waals surface area (Å²) in [6.45, 7) is 3.57. The van der Waals surface area contributed by atoms with E-state index in [1.165, 1.54) is 25.3 Å². The van der Waals surface area contributed by atoms with Gasteiger partial charge in [0.25, 0.3) is 0 Å². The summed E-state index contributed by atoms with van der Waals surface area (Å²) in [6.07, 6.45) is 2.68. The summed E-state index contributed by atoms with van der Waals surface area (Å²) in [6, 6.07) is 5.07. The number of hydrogen-bond donors (Lipinski definition) is 1. The van der Waals surface area contributed by atoms with Crippen LogP contribution in [0.25, 0.3) is 0 Å². The highest BCUT2D eigenvalue weighted by molar-refractivity contribution is 5.85. The molecule has 1 amide bonds. The predicted molar refractivity (Wildman–Crippen MR) is 73.5 cm³/mol. The van der Waals surface area contributed by atoms with Crippen LogP contribution in [0.5, 0.6) is 0 Å². The quantitative estimate of drug-likeness (QED) is 0.613. The SMILES string of the molecule is C=CCC[C@@H](NC(=O)Cc1cccc(F)c1)C(=O)OC. The average Bonchev–Trinajstić information content (AvgIpc) is 2.42. The van der Waals surface area contributed by atoms with E-state index in [0.717, 1.165) is 0 Å². The second-order valence-electron chi connectivity index (χ2n) is 4.32. The lowest BCUT2D eigenvalue weighted by Crippen LogP contribution is -2.42. The number of methoxy groups -OCH3 is 1. The van der Waals surface area contributed by atoms with Gasteiger partial charge in [0, 0.05) is 0 Å². The first-order valence-electron chi connectivity index (χ1n) is 6.29. The van der Waals surface area contributed by atoms with Gasteiger partial charge in [-0.1, -0.05) is 18.2 Å². The van der Waals surface area contributed by atoms with Crippen molar-refractivity contribution in [2.45, 2.75) is 25.3 Å². The molecule has 0 fully saturated rings. The van der Waals surface area contributed by atoms with E-state index in [4.69, 9.17) is 0 Å². The highest BCUT2D eigenvalue weighted by atomic mass is 19.1. The van der Waals surface area contributed by atoms with Crippen molar-refractivity contribution in [2.75, 3.05) is 7.11 Å². The molecule has 1 aromatic rings. The molecule has 0 saturated carbocycles. The fourth-order valence-electron chi connectivity index (χ4n) is 1.75. The first-order chi connectivity index (χ1) is 9.56. The summed E-state index contributed by atoms with van der Waals surface area (Å²) >= 11 is 0. The van der Waals surface area contributed by atoms with Crippen LogP contribution in [0.3, 0.4) is 0 Å². The Morgan fingerprint density at radius 1 is 1.50 bits per heavy atom. The maximum atomic E-state index is 13.0. The fraction of sp³-hybridized carbons (Fsp3) is 0.333. The lowest BCUT2D eigenvalue weighted by Gasteiger charge is -2.15. The molecular weight excluding hydrogens is 261 g/mol. The monoisotopic (exact) mass is 279 g/mol. The van der Waals surface area contributed by atoms with Gasteiger partial charge in [0.05, 0.1) is 13.5 Å². The molecule has 0 spiro atoms. The van der Waals surface area contributed by atoms with Gasteiger partial charge in [-0.2, -0.15) is 0 Å². The second kappa shape index (κ2) is 8.09. The van der Waals surface area contributed by atoms with E-state index in [2.05, 4.69) is 16.6 Å². The van der Waals surface area contributed by atoms with E-state index < -0.39 is 17.8 Å². The molecule has 0 bridgehead atoms. The Hall–Kier alpha value is -2.17. The average molecular weight is 279 g/mol. The maximum Gasteiger partial charge on any atom is 0.328 e. The molecule has 4 nitrogen and oxygen atoms in total. The zero-order chi connectivity index (χ0) is 15.0. The summed E-state index contributed by atoms with van der Waals surface area (Å²) in [4.78, 5) is 23.4. The summed E-state index contributed by atoms with van der Waals surface area (Å²) in [7, 11) is 1.27. The van der Waals surface area contributed by atoms with Crippen LogP contribution in [0.15, 0.2) is 36.9 Å². The maximum absolute atomic E-state index is 13.0. The molecule has 0 heterocycles. The van der Waals surface area contributed by atoms with E-state index in [1.807, 2.05) is 0 Å². The number of ether oxygens (including phenoxy) is 1. The Morgan fingerprint density at radius 3 is 2.85 bits per heavy atom. The molecule has 0 aliphatic carbocycles. The Morgan fingerprint density at radius 2 is 2.25 bits per heavy atom. The zero-order valence-corrected chi connectivity index (χ0v) is 11.4. The Bertz CT molecular complexity index is 488. The number of hydrogen-bond acceptors (Lipinski definition) is 3. The number of carbonyl (C=O) groups is 2. The van der Waals surface area contributed by atoms with Crippen molar-refractivity contribution in [1.82, 2.24) is 5.32 Å². The molecule has 5 heteroatoms. The number of esters is 1. The highest BCUT2D eigenvalue weighted by Gasteiger charge is 2.20. The molecule has 1 rings (SSSR count). The Balaban J connectivity index is 2.61. The number of amides is 1. The normalized spacial score (nSPS) is 11.5. The van der Waals surface area contributed by atoms with Crippen molar-refractivity contribution < 1.29 is 18.7 Å². The van der Waals surface area contributed by atoms with Crippen molar-refractivity contribution in [3.63, 3.8) is 0 Å². The van der Waals surface area contributed by atoms with Gasteiger partial charge in [0.1, 0.15) is 11.9 Å². The fourth-order valence-corrected chi connectivity index (χ4v) is 1.75. The van der Waals surface area contributed by atoms with Crippen LogP contribution in [0.1, 0.15) is 18.4 Å². The molecule has 0 saturated heterocycles. The van der Waals surface area contributed by atoms with Crippen molar-refractivity contribution >= 4 is 11.9 Å². The van der Waals surface area contributed by atoms with Crippen LogP contribution in [-0.4, -0.2) is 25.0 Å². The lowest BCUT2D eigenvalue weighted by atomic mass is 10.1. The highest BCUT2D eigenvalue weighted by Crippen LogP contribution is 2.06. The topological polar surface area (TPSA) is 55.4 Å². The Labute approximate surface area is 117 Å². The Kier molecular flexibility index (Phi) is 6.43. The van der Waals surface area contributed by atoms with Gasteiger partial charge < -0.3 is 10.1 Å². The van der Waals surface area contributed by atoms with E-state index in [1.54, 1.807) is 12.1 Å². The number of rotatable bonds is 7. The third-order valence-electron chi connectivity index (χ3n) is 2.73. The van der Waals surface area contributed by atoms with E-state index >= 15 is 0 Å². The second-order valence-corrected chi connectivity index (χ2v) is 4.32. The first kappa shape index (κ1) is 15.9. The van der Waals surface area contributed by atoms with Gasteiger partial charge in [-0.15, -0.1) is 6.58 Å². The van der Waals surface area contributed by atoms with Crippen LogP contribution in [0.4, 0.5) is 4.39 Å². The smallest absolute Gasteiger partial charge is 0.328 e. The van der Waals surface area contributed by atoms with Crippen molar-refractivity contribution in [3.8, 4) is 0 Å². The minimum atomic E-state index is -0.709.